The van der Waals surface area contributed by atoms with Crippen LogP contribution in [0.25, 0.3) is 0 Å². The number of rotatable bonds is 1. The minimum absolute atomic E-state index is 0.636. The van der Waals surface area contributed by atoms with Crippen LogP contribution in [0.4, 0.5) is 4.39 Å². The van der Waals surface area contributed by atoms with Gasteiger partial charge in [-0.15, -0.1) is 0 Å². The second-order valence-electron chi connectivity index (χ2n) is 1.56. The Labute approximate surface area is 39.3 Å². The van der Waals surface area contributed by atoms with Gasteiger partial charge in [-0.3, -0.25) is 0 Å². The van der Waals surface area contributed by atoms with Crippen molar-refractivity contribution in [2.24, 2.45) is 0 Å². The summed E-state index contributed by atoms with van der Waals surface area (Å²) in [4.78, 5) is 0. The van der Waals surface area contributed by atoms with E-state index in [4.69, 9.17) is 0 Å². The molecular formula is C4H9FSi. The third-order valence-electron chi connectivity index (χ3n) is 0.458. The molecule has 0 nitrogen and oxygen atoms in total. The van der Waals surface area contributed by atoms with Gasteiger partial charge in [-0.1, -0.05) is 18.8 Å². The van der Waals surface area contributed by atoms with Gasteiger partial charge in [0, 0.05) is 0 Å². The highest BCUT2D eigenvalue weighted by Gasteiger charge is 1.81. The van der Waals surface area contributed by atoms with Crippen LogP contribution in [0.5, 0.6) is 0 Å². The Bertz CT molecular complexity index is 49.5. The lowest BCUT2D eigenvalue weighted by molar-refractivity contribution is 0.723. The SMILES string of the molecule is C[SiH](C)C=CF. The quantitative estimate of drug-likeness (QED) is 0.442. The van der Waals surface area contributed by atoms with Gasteiger partial charge in [0.25, 0.3) is 0 Å². The first-order valence-electron chi connectivity index (χ1n) is 2.04. The van der Waals surface area contributed by atoms with Gasteiger partial charge in [0.15, 0.2) is 0 Å². The minimum Gasteiger partial charge on any atom is -0.216 e. The Balaban J connectivity index is 3.03. The van der Waals surface area contributed by atoms with Crippen LogP contribution in [-0.4, -0.2) is 8.80 Å². The molecule has 0 heterocycles. The van der Waals surface area contributed by atoms with Crippen LogP contribution in [0, 0.1) is 0 Å². The van der Waals surface area contributed by atoms with Crippen molar-refractivity contribution in [1.29, 1.82) is 0 Å². The second-order valence-corrected chi connectivity index (χ2v) is 4.44. The Hall–Kier alpha value is -0.113. The molecule has 0 aromatic carbocycles. The predicted octanol–water partition coefficient (Wildman–Crippen LogP) is 1.50. The summed E-state index contributed by atoms with van der Waals surface area (Å²) in [7, 11) is -0.726. The molecule has 0 amide bonds. The Kier molecular flexibility index (Phi) is 3.03. The first-order chi connectivity index (χ1) is 2.77. The highest BCUT2D eigenvalue weighted by atomic mass is 28.3. The molecule has 0 unspecified atom stereocenters. The van der Waals surface area contributed by atoms with E-state index in [1.807, 2.05) is 0 Å². The summed E-state index contributed by atoms with van der Waals surface area (Å²) >= 11 is 0. The maximum absolute atomic E-state index is 11.1. The molecule has 0 aliphatic rings. The van der Waals surface area contributed by atoms with Gasteiger partial charge < -0.3 is 0 Å². The number of hydrogen-bond donors (Lipinski definition) is 0. The normalized spacial score (nSPS) is 11.3. The van der Waals surface area contributed by atoms with Gasteiger partial charge in [0.05, 0.1) is 15.1 Å². The van der Waals surface area contributed by atoms with E-state index in [1.165, 1.54) is 0 Å². The summed E-state index contributed by atoms with van der Waals surface area (Å²) in [5, 5.41) is 0. The molecule has 0 aliphatic carbocycles. The van der Waals surface area contributed by atoms with Gasteiger partial charge >= 0.3 is 0 Å². The average Bonchev–Trinajstić information content (AvgIpc) is 1.35. The van der Waals surface area contributed by atoms with Crippen molar-refractivity contribution in [1.82, 2.24) is 0 Å². The van der Waals surface area contributed by atoms with Gasteiger partial charge in [0.2, 0.25) is 0 Å². The standard InChI is InChI=1S/C4H9FSi/c1-6(2)4-3-5/h3-4,6H,1-2H3. The van der Waals surface area contributed by atoms with Crippen molar-refractivity contribution < 1.29 is 4.39 Å². The van der Waals surface area contributed by atoms with E-state index in [0.717, 1.165) is 0 Å². The summed E-state index contributed by atoms with van der Waals surface area (Å²) in [5.74, 6) is 0. The van der Waals surface area contributed by atoms with E-state index in [1.54, 1.807) is 5.70 Å². The molecule has 0 aromatic heterocycles. The van der Waals surface area contributed by atoms with Crippen molar-refractivity contribution in [3.05, 3.63) is 12.0 Å². The van der Waals surface area contributed by atoms with E-state index >= 15 is 0 Å². The molecule has 0 aromatic rings. The molecule has 2 heteroatoms. The van der Waals surface area contributed by atoms with Crippen LogP contribution in [-0.2, 0) is 0 Å². The molecule has 36 valence electrons. The summed E-state index contributed by atoms with van der Waals surface area (Å²) in [6.45, 7) is 4.13. The van der Waals surface area contributed by atoms with Crippen LogP contribution in [0.3, 0.4) is 0 Å². The van der Waals surface area contributed by atoms with E-state index in [-0.39, 0.29) is 0 Å². The molecule has 6 heavy (non-hydrogen) atoms. The fourth-order valence-electron chi connectivity index (χ4n) is 0.145. The predicted molar refractivity (Wildman–Crippen MR) is 29.1 cm³/mol. The van der Waals surface area contributed by atoms with Crippen LogP contribution >= 0.6 is 0 Å². The van der Waals surface area contributed by atoms with Crippen LogP contribution in [0.15, 0.2) is 12.0 Å². The molecule has 0 bridgehead atoms. The molecule has 0 N–H and O–H groups in total. The fraction of sp³-hybridized carbons (Fsp3) is 0.500. The van der Waals surface area contributed by atoms with E-state index in [9.17, 15) is 4.39 Å². The summed E-state index contributed by atoms with van der Waals surface area (Å²) in [6, 6.07) is 0. The zero-order valence-electron chi connectivity index (χ0n) is 4.11. The highest BCUT2D eigenvalue weighted by Crippen LogP contribution is 1.80. The summed E-state index contributed by atoms with van der Waals surface area (Å²) < 4.78 is 11.1. The molecule has 0 spiro atoms. The largest absolute Gasteiger partial charge is 0.216 e. The number of hydrogen-bond acceptors (Lipinski definition) is 0. The maximum Gasteiger partial charge on any atom is 0.0786 e. The van der Waals surface area contributed by atoms with Gasteiger partial charge in [-0.25, -0.2) is 4.39 Å². The van der Waals surface area contributed by atoms with Gasteiger partial charge in [-0.2, -0.15) is 0 Å². The molecule has 0 rings (SSSR count). The lowest BCUT2D eigenvalue weighted by Gasteiger charge is -1.82. The minimum atomic E-state index is -0.726. The van der Waals surface area contributed by atoms with E-state index in [0.29, 0.717) is 6.33 Å². The summed E-state index contributed by atoms with van der Waals surface area (Å²) in [6.07, 6.45) is 0.636. The highest BCUT2D eigenvalue weighted by molar-refractivity contribution is 6.61. The Morgan fingerprint density at radius 2 is 2.00 bits per heavy atom. The molecular weight excluding hydrogens is 95.1 g/mol. The van der Waals surface area contributed by atoms with Crippen LogP contribution in [0.2, 0.25) is 13.1 Å². The number of halogens is 1. The van der Waals surface area contributed by atoms with Crippen LogP contribution < -0.4 is 0 Å². The molecule has 0 fully saturated rings. The zero-order chi connectivity index (χ0) is 4.99. The third kappa shape index (κ3) is 3.89. The Morgan fingerprint density at radius 1 is 1.50 bits per heavy atom. The molecule has 0 saturated heterocycles. The molecule has 0 radical (unpaired) electrons. The first-order valence-corrected chi connectivity index (χ1v) is 5.02. The third-order valence-corrected chi connectivity index (χ3v) is 1.37. The summed E-state index contributed by atoms with van der Waals surface area (Å²) in [5.41, 5.74) is 1.64. The van der Waals surface area contributed by atoms with Crippen molar-refractivity contribution in [2.45, 2.75) is 13.1 Å². The van der Waals surface area contributed by atoms with E-state index < -0.39 is 8.80 Å². The second kappa shape index (κ2) is 3.09. The van der Waals surface area contributed by atoms with E-state index in [2.05, 4.69) is 13.1 Å². The molecule has 0 atom stereocenters. The van der Waals surface area contributed by atoms with Crippen molar-refractivity contribution in [3.63, 3.8) is 0 Å². The zero-order valence-corrected chi connectivity index (χ0v) is 5.26. The lowest BCUT2D eigenvalue weighted by Crippen LogP contribution is -1.90. The average molecular weight is 104 g/mol. The smallest absolute Gasteiger partial charge is 0.0786 e. The Morgan fingerprint density at radius 3 is 2.00 bits per heavy atom. The maximum atomic E-state index is 11.1. The topological polar surface area (TPSA) is 0 Å². The van der Waals surface area contributed by atoms with Crippen LogP contribution in [0.1, 0.15) is 0 Å². The first kappa shape index (κ1) is 5.89. The monoisotopic (exact) mass is 104 g/mol. The molecule has 0 saturated carbocycles. The fourth-order valence-corrected chi connectivity index (χ4v) is 0.436. The molecule has 0 aliphatic heterocycles. The van der Waals surface area contributed by atoms with Crippen molar-refractivity contribution in [3.8, 4) is 0 Å². The van der Waals surface area contributed by atoms with Crippen molar-refractivity contribution in [2.75, 3.05) is 0 Å². The van der Waals surface area contributed by atoms with Gasteiger partial charge in [-0.05, 0) is 0 Å². The lowest BCUT2D eigenvalue weighted by atomic mass is 11.2. The van der Waals surface area contributed by atoms with Gasteiger partial charge in [0.1, 0.15) is 0 Å². The van der Waals surface area contributed by atoms with Crippen molar-refractivity contribution >= 4 is 8.80 Å².